The SMILES string of the molecule is CC(=O)N[C@H](Cc1ccc(OCC(=O)O)c(P(=O)(O)O)c1)C(=O)N[C@H](C)c1ccc(OCC2CCCCC2)c(C(N)=O)c1. The number of hydrogen-bond donors (Lipinski definition) is 6. The van der Waals surface area contributed by atoms with Crippen molar-refractivity contribution in [2.45, 2.75) is 64.5 Å². The topological polar surface area (TPSA) is 215 Å². The Hall–Kier alpha value is -3.93. The van der Waals surface area contributed by atoms with E-state index >= 15 is 0 Å². The molecule has 1 aliphatic carbocycles. The van der Waals surface area contributed by atoms with Crippen molar-refractivity contribution in [3.8, 4) is 11.5 Å². The second-order valence-electron chi connectivity index (χ2n) is 10.7. The highest BCUT2D eigenvalue weighted by molar-refractivity contribution is 7.60. The van der Waals surface area contributed by atoms with Gasteiger partial charge in [-0.05, 0) is 61.1 Å². The third-order valence-corrected chi connectivity index (χ3v) is 8.13. The maximum atomic E-state index is 13.3. The van der Waals surface area contributed by atoms with Crippen molar-refractivity contribution in [3.63, 3.8) is 0 Å². The zero-order chi connectivity index (χ0) is 31.7. The van der Waals surface area contributed by atoms with Crippen LogP contribution in [0.4, 0.5) is 0 Å². The normalized spacial score (nSPS) is 15.2. The van der Waals surface area contributed by atoms with Crippen LogP contribution in [0, 0.1) is 5.92 Å². The van der Waals surface area contributed by atoms with Gasteiger partial charge in [0, 0.05) is 13.3 Å². The van der Waals surface area contributed by atoms with E-state index in [4.69, 9.17) is 20.3 Å². The van der Waals surface area contributed by atoms with Crippen LogP contribution in [0.1, 0.15) is 73.5 Å². The predicted molar refractivity (Wildman–Crippen MR) is 156 cm³/mol. The zero-order valence-electron chi connectivity index (χ0n) is 24.1. The van der Waals surface area contributed by atoms with Gasteiger partial charge in [-0.1, -0.05) is 31.4 Å². The molecule has 1 saturated carbocycles. The average Bonchev–Trinajstić information content (AvgIpc) is 2.94. The van der Waals surface area contributed by atoms with E-state index in [0.29, 0.717) is 23.8 Å². The third kappa shape index (κ3) is 10.1. The zero-order valence-corrected chi connectivity index (χ0v) is 25.0. The van der Waals surface area contributed by atoms with E-state index in [1.165, 1.54) is 25.5 Å². The lowest BCUT2D eigenvalue weighted by Gasteiger charge is -2.23. The summed E-state index contributed by atoms with van der Waals surface area (Å²) in [6.45, 7) is 2.58. The first kappa shape index (κ1) is 33.6. The molecular weight excluding hydrogens is 581 g/mol. The molecule has 2 atom stereocenters. The van der Waals surface area contributed by atoms with Crippen molar-refractivity contribution >= 4 is 36.6 Å². The molecular formula is C29H38N3O10P. The number of amides is 3. The van der Waals surface area contributed by atoms with Gasteiger partial charge in [0.25, 0.3) is 5.91 Å². The smallest absolute Gasteiger partial charge is 0.359 e. The summed E-state index contributed by atoms with van der Waals surface area (Å²) in [4.78, 5) is 67.8. The largest absolute Gasteiger partial charge is 0.492 e. The number of aliphatic carboxylic acids is 1. The van der Waals surface area contributed by atoms with Gasteiger partial charge in [0.05, 0.1) is 18.2 Å². The molecule has 234 valence electrons. The fourth-order valence-electron chi connectivity index (χ4n) is 4.96. The third-order valence-electron chi connectivity index (χ3n) is 7.15. The van der Waals surface area contributed by atoms with Crippen LogP contribution in [0.2, 0.25) is 0 Å². The van der Waals surface area contributed by atoms with Crippen LogP contribution in [-0.2, 0) is 25.4 Å². The average molecular weight is 620 g/mol. The van der Waals surface area contributed by atoms with Gasteiger partial charge >= 0.3 is 13.6 Å². The van der Waals surface area contributed by atoms with Gasteiger partial charge in [0.1, 0.15) is 22.8 Å². The molecule has 7 N–H and O–H groups in total. The molecule has 1 fully saturated rings. The maximum absolute atomic E-state index is 13.3. The minimum Gasteiger partial charge on any atom is -0.492 e. The number of carboxylic acid groups (broad SMARTS) is 1. The minimum absolute atomic E-state index is 0.148. The molecule has 2 aromatic carbocycles. The van der Waals surface area contributed by atoms with E-state index < -0.39 is 55.3 Å². The summed E-state index contributed by atoms with van der Waals surface area (Å²) in [6, 6.07) is 6.87. The Kier molecular flexibility index (Phi) is 11.7. The van der Waals surface area contributed by atoms with Crippen LogP contribution in [0.25, 0.3) is 0 Å². The van der Waals surface area contributed by atoms with Gasteiger partial charge in [0.15, 0.2) is 6.61 Å². The second-order valence-corrected chi connectivity index (χ2v) is 12.2. The van der Waals surface area contributed by atoms with Gasteiger partial charge in [-0.25, -0.2) is 4.79 Å². The van der Waals surface area contributed by atoms with Crippen LogP contribution in [0.3, 0.4) is 0 Å². The number of ether oxygens (including phenoxy) is 2. The Morgan fingerprint density at radius 1 is 1.00 bits per heavy atom. The maximum Gasteiger partial charge on any atom is 0.359 e. The lowest BCUT2D eigenvalue weighted by atomic mass is 9.90. The van der Waals surface area contributed by atoms with Crippen molar-refractivity contribution in [1.29, 1.82) is 0 Å². The molecule has 3 rings (SSSR count). The Morgan fingerprint density at radius 3 is 2.28 bits per heavy atom. The number of primary amides is 1. The highest BCUT2D eigenvalue weighted by Gasteiger charge is 2.27. The monoisotopic (exact) mass is 619 g/mol. The molecule has 14 heteroatoms. The Labute approximate surface area is 249 Å². The number of hydrogen-bond acceptors (Lipinski definition) is 7. The van der Waals surface area contributed by atoms with Crippen LogP contribution in [-0.4, -0.2) is 57.8 Å². The summed E-state index contributed by atoms with van der Waals surface area (Å²) in [5.41, 5.74) is 6.65. The van der Waals surface area contributed by atoms with Crippen molar-refractivity contribution < 1.29 is 48.1 Å². The van der Waals surface area contributed by atoms with Crippen molar-refractivity contribution in [2.75, 3.05) is 13.2 Å². The molecule has 2 aromatic rings. The number of benzene rings is 2. The summed E-state index contributed by atoms with van der Waals surface area (Å²) >= 11 is 0. The summed E-state index contributed by atoms with van der Waals surface area (Å²) in [5.74, 6) is -2.64. The Bertz CT molecular complexity index is 1390. The predicted octanol–water partition coefficient (Wildman–Crippen LogP) is 1.94. The lowest BCUT2D eigenvalue weighted by Crippen LogP contribution is -2.48. The molecule has 0 aliphatic heterocycles. The number of nitrogens with one attached hydrogen (secondary N) is 2. The van der Waals surface area contributed by atoms with Crippen LogP contribution in [0.15, 0.2) is 36.4 Å². The summed E-state index contributed by atoms with van der Waals surface area (Å²) in [6.07, 6.45) is 5.53. The molecule has 43 heavy (non-hydrogen) atoms. The van der Waals surface area contributed by atoms with E-state index in [1.54, 1.807) is 25.1 Å². The van der Waals surface area contributed by atoms with E-state index in [9.17, 15) is 33.5 Å². The number of rotatable bonds is 14. The standard InChI is InChI=1S/C29H38N3O10P/c1-17(21-9-11-24(22(14-21)28(30)36)41-15-19-6-4-3-5-7-19)31-29(37)23(32-18(2)33)12-20-8-10-25(42-16-27(34)35)26(13-20)43(38,39)40/h8-11,13-14,17,19,23H,3-7,12,15-16H2,1-2H3,(H2,30,36)(H,31,37)(H,32,33)(H,34,35)(H2,38,39,40)/t17-,23-/m1/s1. The molecule has 0 aromatic heterocycles. The van der Waals surface area contributed by atoms with E-state index in [1.807, 2.05) is 0 Å². The molecule has 0 unspecified atom stereocenters. The van der Waals surface area contributed by atoms with E-state index in [-0.39, 0.29) is 23.3 Å². The summed E-state index contributed by atoms with van der Waals surface area (Å²) in [5, 5.41) is 13.6. The molecule has 13 nitrogen and oxygen atoms in total. The Morgan fingerprint density at radius 2 is 1.67 bits per heavy atom. The second kappa shape index (κ2) is 15.0. The molecule has 0 spiro atoms. The quantitative estimate of drug-likeness (QED) is 0.169. The fraction of sp³-hybridized carbons (Fsp3) is 0.448. The van der Waals surface area contributed by atoms with E-state index in [2.05, 4.69) is 10.6 Å². The van der Waals surface area contributed by atoms with E-state index in [0.717, 1.165) is 31.7 Å². The van der Waals surface area contributed by atoms with Crippen molar-refractivity contribution in [3.05, 3.63) is 53.1 Å². The molecule has 0 saturated heterocycles. The lowest BCUT2D eigenvalue weighted by molar-refractivity contribution is -0.139. The molecule has 0 heterocycles. The number of nitrogens with two attached hydrogens (primary N) is 1. The van der Waals surface area contributed by atoms with Gasteiger partial charge in [-0.15, -0.1) is 0 Å². The van der Waals surface area contributed by atoms with Crippen molar-refractivity contribution in [2.24, 2.45) is 11.7 Å². The molecule has 3 amide bonds. The molecule has 0 radical (unpaired) electrons. The molecule has 1 aliphatic rings. The van der Waals surface area contributed by atoms with Gasteiger partial charge in [-0.3, -0.25) is 18.9 Å². The first-order valence-electron chi connectivity index (χ1n) is 13.9. The number of carbonyl (C=O) groups excluding carboxylic acids is 3. The van der Waals surface area contributed by atoms with Crippen LogP contribution < -0.4 is 31.1 Å². The van der Waals surface area contributed by atoms with Crippen LogP contribution in [0.5, 0.6) is 11.5 Å². The number of carboxylic acids is 1. The highest BCUT2D eigenvalue weighted by atomic mass is 31.2. The van der Waals surface area contributed by atoms with Gasteiger partial charge < -0.3 is 40.7 Å². The summed E-state index contributed by atoms with van der Waals surface area (Å²) in [7, 11) is -4.88. The highest BCUT2D eigenvalue weighted by Crippen LogP contribution is 2.38. The Balaban J connectivity index is 1.76. The summed E-state index contributed by atoms with van der Waals surface area (Å²) < 4.78 is 23.0. The minimum atomic E-state index is -4.88. The first-order valence-corrected chi connectivity index (χ1v) is 15.5. The van der Waals surface area contributed by atoms with Crippen molar-refractivity contribution in [1.82, 2.24) is 10.6 Å². The van der Waals surface area contributed by atoms with Gasteiger partial charge in [0.2, 0.25) is 11.8 Å². The molecule has 0 bridgehead atoms. The van der Waals surface area contributed by atoms with Crippen LogP contribution >= 0.6 is 7.60 Å². The first-order chi connectivity index (χ1) is 20.2. The number of carbonyl (C=O) groups is 4. The fourth-order valence-corrected chi connectivity index (χ4v) is 5.72. The van der Waals surface area contributed by atoms with Gasteiger partial charge in [-0.2, -0.15) is 0 Å².